The van der Waals surface area contributed by atoms with Crippen molar-refractivity contribution in [3.05, 3.63) is 48.2 Å². The normalized spacial score (nSPS) is 16.4. The largest absolute Gasteiger partial charge is 0.378 e. The second kappa shape index (κ2) is 6.24. The number of allylic oxidation sites excluding steroid dienone is 1. The van der Waals surface area contributed by atoms with Crippen LogP contribution in [0.3, 0.4) is 0 Å². The van der Waals surface area contributed by atoms with Crippen molar-refractivity contribution >= 4 is 5.78 Å². The first-order chi connectivity index (χ1) is 8.36. The van der Waals surface area contributed by atoms with Gasteiger partial charge in [0, 0.05) is 25.1 Å². The summed E-state index contributed by atoms with van der Waals surface area (Å²) in [6, 6.07) is 9.48. The predicted molar refractivity (Wildman–Crippen MR) is 70.0 cm³/mol. The van der Waals surface area contributed by atoms with Gasteiger partial charge in [-0.05, 0) is 25.5 Å². The molecule has 0 radical (unpaired) electrons. The first-order valence-corrected chi connectivity index (χ1v) is 6.35. The molecule has 0 unspecified atom stereocenters. The van der Waals surface area contributed by atoms with Crippen LogP contribution in [0.2, 0.25) is 0 Å². The summed E-state index contributed by atoms with van der Waals surface area (Å²) in [6.45, 7) is 2.27. The Hall–Kier alpha value is -1.57. The molecule has 1 heterocycles. The Balaban J connectivity index is 1.81. The van der Waals surface area contributed by atoms with E-state index in [2.05, 4.69) is 11.1 Å². The second-order valence-corrected chi connectivity index (χ2v) is 4.47. The van der Waals surface area contributed by atoms with Crippen molar-refractivity contribution < 1.29 is 4.79 Å². The van der Waals surface area contributed by atoms with Crippen LogP contribution >= 0.6 is 0 Å². The number of hydrogen-bond donors (Lipinski definition) is 0. The van der Waals surface area contributed by atoms with Crippen LogP contribution in [-0.4, -0.2) is 23.8 Å². The molecule has 2 nitrogen and oxygen atoms in total. The van der Waals surface area contributed by atoms with E-state index in [1.165, 1.54) is 19.3 Å². The van der Waals surface area contributed by atoms with Crippen LogP contribution in [0.4, 0.5) is 0 Å². The Labute approximate surface area is 103 Å². The Morgan fingerprint density at radius 2 is 1.82 bits per heavy atom. The highest BCUT2D eigenvalue weighted by Gasteiger charge is 2.06. The number of benzene rings is 1. The molecular formula is C15H19NO. The van der Waals surface area contributed by atoms with Gasteiger partial charge in [0.1, 0.15) is 0 Å². The van der Waals surface area contributed by atoms with Gasteiger partial charge in [-0.2, -0.15) is 0 Å². The van der Waals surface area contributed by atoms with E-state index in [1.807, 2.05) is 36.4 Å². The Bertz CT molecular complexity index is 377. The Morgan fingerprint density at radius 1 is 1.12 bits per heavy atom. The molecule has 17 heavy (non-hydrogen) atoms. The number of Topliss-reactive ketones (excluding diaryl/α,β-unsaturated/α-hetero) is 1. The van der Waals surface area contributed by atoms with E-state index in [1.54, 1.807) is 0 Å². The van der Waals surface area contributed by atoms with Crippen LogP contribution in [0, 0.1) is 0 Å². The molecule has 0 N–H and O–H groups in total. The van der Waals surface area contributed by atoms with E-state index >= 15 is 0 Å². The topological polar surface area (TPSA) is 20.3 Å². The quantitative estimate of drug-likeness (QED) is 0.739. The van der Waals surface area contributed by atoms with Gasteiger partial charge in [-0.15, -0.1) is 0 Å². The van der Waals surface area contributed by atoms with E-state index < -0.39 is 0 Å². The smallest absolute Gasteiger partial charge is 0.166 e. The SMILES string of the molecule is O=C(CC=CN1CCCCC1)c1ccccc1. The molecule has 2 heteroatoms. The van der Waals surface area contributed by atoms with Gasteiger partial charge in [-0.25, -0.2) is 0 Å². The summed E-state index contributed by atoms with van der Waals surface area (Å²) in [5, 5.41) is 0. The highest BCUT2D eigenvalue weighted by molar-refractivity contribution is 5.96. The number of hydrogen-bond acceptors (Lipinski definition) is 2. The molecule has 0 spiro atoms. The first-order valence-electron chi connectivity index (χ1n) is 6.35. The van der Waals surface area contributed by atoms with Gasteiger partial charge < -0.3 is 4.90 Å². The molecule has 1 aliphatic rings. The van der Waals surface area contributed by atoms with Gasteiger partial charge in [0.15, 0.2) is 5.78 Å². The zero-order chi connectivity index (χ0) is 11.9. The van der Waals surface area contributed by atoms with Crippen LogP contribution in [0.25, 0.3) is 0 Å². The molecule has 90 valence electrons. The molecule has 1 saturated heterocycles. The number of carbonyl (C=O) groups excluding carboxylic acids is 1. The Morgan fingerprint density at radius 3 is 2.53 bits per heavy atom. The molecule has 0 aliphatic carbocycles. The van der Waals surface area contributed by atoms with Crippen molar-refractivity contribution in [1.29, 1.82) is 0 Å². The summed E-state index contributed by atoms with van der Waals surface area (Å²) in [5.41, 5.74) is 0.802. The number of nitrogens with zero attached hydrogens (tertiary/aromatic N) is 1. The predicted octanol–water partition coefficient (Wildman–Crippen LogP) is 3.26. The summed E-state index contributed by atoms with van der Waals surface area (Å²) in [4.78, 5) is 14.1. The van der Waals surface area contributed by atoms with E-state index in [4.69, 9.17) is 0 Å². The molecule has 0 bridgehead atoms. The minimum absolute atomic E-state index is 0.193. The molecule has 0 atom stereocenters. The minimum Gasteiger partial charge on any atom is -0.378 e. The fraction of sp³-hybridized carbons (Fsp3) is 0.400. The van der Waals surface area contributed by atoms with Gasteiger partial charge in [-0.3, -0.25) is 4.79 Å². The standard InChI is InChI=1S/C15H19NO/c17-15(14-8-3-1-4-9-14)10-7-13-16-11-5-2-6-12-16/h1,3-4,7-9,13H,2,5-6,10-12H2. The lowest BCUT2D eigenvalue weighted by atomic mass is 10.1. The lowest BCUT2D eigenvalue weighted by molar-refractivity contribution is 0.0995. The monoisotopic (exact) mass is 229 g/mol. The first kappa shape index (κ1) is 11.9. The number of piperidine rings is 1. The van der Waals surface area contributed by atoms with E-state index in [0.29, 0.717) is 6.42 Å². The van der Waals surface area contributed by atoms with Gasteiger partial charge in [0.05, 0.1) is 0 Å². The zero-order valence-corrected chi connectivity index (χ0v) is 10.1. The van der Waals surface area contributed by atoms with Gasteiger partial charge in [-0.1, -0.05) is 36.4 Å². The van der Waals surface area contributed by atoms with E-state index in [0.717, 1.165) is 18.7 Å². The third-order valence-corrected chi connectivity index (χ3v) is 3.11. The Kier molecular flexibility index (Phi) is 4.37. The van der Waals surface area contributed by atoms with Gasteiger partial charge in [0.25, 0.3) is 0 Å². The summed E-state index contributed by atoms with van der Waals surface area (Å²) < 4.78 is 0. The van der Waals surface area contributed by atoms with Gasteiger partial charge in [0.2, 0.25) is 0 Å². The molecule has 1 aromatic carbocycles. The molecular weight excluding hydrogens is 210 g/mol. The maximum Gasteiger partial charge on any atom is 0.166 e. The lowest BCUT2D eigenvalue weighted by Gasteiger charge is -2.24. The lowest BCUT2D eigenvalue weighted by Crippen LogP contribution is -2.24. The number of rotatable bonds is 4. The molecule has 1 aliphatic heterocycles. The third-order valence-electron chi connectivity index (χ3n) is 3.11. The molecule has 0 amide bonds. The number of ketones is 1. The van der Waals surface area contributed by atoms with Crippen LogP contribution in [0.15, 0.2) is 42.6 Å². The number of likely N-dealkylation sites (tertiary alicyclic amines) is 1. The van der Waals surface area contributed by atoms with Crippen molar-refractivity contribution in [2.24, 2.45) is 0 Å². The third kappa shape index (κ3) is 3.74. The average Bonchev–Trinajstić information content (AvgIpc) is 2.41. The summed E-state index contributed by atoms with van der Waals surface area (Å²) in [5.74, 6) is 0.193. The number of carbonyl (C=O) groups is 1. The highest BCUT2D eigenvalue weighted by atomic mass is 16.1. The molecule has 1 fully saturated rings. The van der Waals surface area contributed by atoms with Crippen LogP contribution in [0.5, 0.6) is 0 Å². The van der Waals surface area contributed by atoms with Crippen molar-refractivity contribution in [2.45, 2.75) is 25.7 Å². The summed E-state index contributed by atoms with van der Waals surface area (Å²) >= 11 is 0. The molecule has 2 rings (SSSR count). The highest BCUT2D eigenvalue weighted by Crippen LogP contribution is 2.09. The molecule has 1 aromatic rings. The second-order valence-electron chi connectivity index (χ2n) is 4.47. The molecule has 0 aromatic heterocycles. The minimum atomic E-state index is 0.193. The van der Waals surface area contributed by atoms with Crippen molar-refractivity contribution in [1.82, 2.24) is 4.90 Å². The van der Waals surface area contributed by atoms with Crippen molar-refractivity contribution in [3.8, 4) is 0 Å². The zero-order valence-electron chi connectivity index (χ0n) is 10.1. The average molecular weight is 229 g/mol. The molecule has 0 saturated carbocycles. The van der Waals surface area contributed by atoms with E-state index in [9.17, 15) is 4.79 Å². The maximum absolute atomic E-state index is 11.8. The summed E-state index contributed by atoms with van der Waals surface area (Å²) in [6.07, 6.45) is 8.46. The van der Waals surface area contributed by atoms with Crippen LogP contribution in [-0.2, 0) is 0 Å². The summed E-state index contributed by atoms with van der Waals surface area (Å²) in [7, 11) is 0. The fourth-order valence-corrected chi connectivity index (χ4v) is 2.12. The fourth-order valence-electron chi connectivity index (χ4n) is 2.12. The van der Waals surface area contributed by atoms with Crippen LogP contribution < -0.4 is 0 Å². The van der Waals surface area contributed by atoms with Crippen molar-refractivity contribution in [3.63, 3.8) is 0 Å². The van der Waals surface area contributed by atoms with Crippen LogP contribution in [0.1, 0.15) is 36.0 Å². The van der Waals surface area contributed by atoms with E-state index in [-0.39, 0.29) is 5.78 Å². The van der Waals surface area contributed by atoms with Gasteiger partial charge >= 0.3 is 0 Å². The maximum atomic E-state index is 11.8. The van der Waals surface area contributed by atoms with Crippen molar-refractivity contribution in [2.75, 3.05) is 13.1 Å².